The third-order valence-corrected chi connectivity index (χ3v) is 3.86. The molecule has 0 fully saturated rings. The zero-order valence-corrected chi connectivity index (χ0v) is 13.5. The van der Waals surface area contributed by atoms with Gasteiger partial charge >= 0.3 is 0 Å². The van der Waals surface area contributed by atoms with Crippen LogP contribution in [0.2, 0.25) is 0 Å². The predicted molar refractivity (Wildman–Crippen MR) is 98.0 cm³/mol. The molecule has 2 aromatic heterocycles. The van der Waals surface area contributed by atoms with Crippen LogP contribution in [0.15, 0.2) is 72.9 Å². The first-order chi connectivity index (χ1) is 12.3. The molecule has 25 heavy (non-hydrogen) atoms. The number of hydrogen-bond acceptors (Lipinski definition) is 5. The lowest BCUT2D eigenvalue weighted by Gasteiger charge is -2.08. The van der Waals surface area contributed by atoms with Crippen molar-refractivity contribution in [3.05, 3.63) is 78.6 Å². The summed E-state index contributed by atoms with van der Waals surface area (Å²) < 4.78 is 5.75. The normalized spacial score (nSPS) is 10.7. The highest BCUT2D eigenvalue weighted by atomic mass is 16.5. The molecule has 0 aliphatic heterocycles. The molecule has 4 aromatic rings. The Kier molecular flexibility index (Phi) is 3.96. The van der Waals surface area contributed by atoms with E-state index in [4.69, 9.17) is 10.5 Å². The summed E-state index contributed by atoms with van der Waals surface area (Å²) in [6.45, 7) is 0.430. The van der Waals surface area contributed by atoms with E-state index in [1.807, 2.05) is 66.7 Å². The molecule has 0 saturated heterocycles. The Balaban J connectivity index is 1.56. The van der Waals surface area contributed by atoms with Crippen LogP contribution in [0.4, 0.5) is 5.82 Å². The van der Waals surface area contributed by atoms with E-state index in [2.05, 4.69) is 15.0 Å². The van der Waals surface area contributed by atoms with Gasteiger partial charge in [0.1, 0.15) is 18.2 Å². The smallest absolute Gasteiger partial charge is 0.162 e. The molecule has 5 nitrogen and oxygen atoms in total. The standard InChI is InChI=1S/C20H16N4O/c21-19-17-6-1-2-7-18(17)23-20(24-19)14-8-10-16(11-9-14)25-13-15-5-3-4-12-22-15/h1-12H,13H2,(H2,21,23,24). The van der Waals surface area contributed by atoms with Crippen LogP contribution in [-0.2, 0) is 6.61 Å². The van der Waals surface area contributed by atoms with Gasteiger partial charge in [0.05, 0.1) is 11.2 Å². The van der Waals surface area contributed by atoms with Crippen molar-refractivity contribution in [1.29, 1.82) is 0 Å². The van der Waals surface area contributed by atoms with Gasteiger partial charge in [-0.3, -0.25) is 4.98 Å². The van der Waals surface area contributed by atoms with E-state index < -0.39 is 0 Å². The van der Waals surface area contributed by atoms with Crippen LogP contribution in [0.3, 0.4) is 0 Å². The van der Waals surface area contributed by atoms with Crippen molar-refractivity contribution in [3.8, 4) is 17.1 Å². The first kappa shape index (κ1) is 15.1. The average molecular weight is 328 g/mol. The van der Waals surface area contributed by atoms with Gasteiger partial charge in [-0.15, -0.1) is 0 Å². The predicted octanol–water partition coefficient (Wildman–Crippen LogP) is 3.85. The minimum Gasteiger partial charge on any atom is -0.487 e. The Morgan fingerprint density at radius 1 is 0.840 bits per heavy atom. The molecule has 0 saturated carbocycles. The zero-order valence-electron chi connectivity index (χ0n) is 13.5. The van der Waals surface area contributed by atoms with E-state index >= 15 is 0 Å². The van der Waals surface area contributed by atoms with Crippen LogP contribution in [0, 0.1) is 0 Å². The molecule has 0 unspecified atom stereocenters. The number of pyridine rings is 1. The molecule has 2 heterocycles. The van der Waals surface area contributed by atoms with E-state index in [0.717, 1.165) is 27.9 Å². The van der Waals surface area contributed by atoms with Gasteiger partial charge in [0.25, 0.3) is 0 Å². The molecule has 0 radical (unpaired) electrons. The number of nitrogens with zero attached hydrogens (tertiary/aromatic N) is 3. The van der Waals surface area contributed by atoms with Crippen molar-refractivity contribution in [2.24, 2.45) is 0 Å². The molecule has 2 N–H and O–H groups in total. The summed E-state index contributed by atoms with van der Waals surface area (Å²) in [6, 6.07) is 21.1. The first-order valence-electron chi connectivity index (χ1n) is 7.95. The van der Waals surface area contributed by atoms with Gasteiger partial charge in [0.15, 0.2) is 5.82 Å². The SMILES string of the molecule is Nc1nc(-c2ccc(OCc3ccccn3)cc2)nc2ccccc12. The topological polar surface area (TPSA) is 73.9 Å². The lowest BCUT2D eigenvalue weighted by Crippen LogP contribution is -1.99. The molecule has 4 rings (SSSR count). The quantitative estimate of drug-likeness (QED) is 0.616. The van der Waals surface area contributed by atoms with Crippen LogP contribution in [0.5, 0.6) is 5.75 Å². The molecule has 122 valence electrons. The van der Waals surface area contributed by atoms with E-state index in [-0.39, 0.29) is 0 Å². The lowest BCUT2D eigenvalue weighted by atomic mass is 10.2. The summed E-state index contributed by atoms with van der Waals surface area (Å²) in [5.41, 5.74) is 8.67. The number of rotatable bonds is 4. The highest BCUT2D eigenvalue weighted by Gasteiger charge is 2.07. The average Bonchev–Trinajstić information content (AvgIpc) is 2.68. The van der Waals surface area contributed by atoms with E-state index in [9.17, 15) is 0 Å². The van der Waals surface area contributed by atoms with Crippen LogP contribution >= 0.6 is 0 Å². The molecule has 0 aliphatic rings. The van der Waals surface area contributed by atoms with Crippen molar-refractivity contribution < 1.29 is 4.74 Å². The highest BCUT2D eigenvalue weighted by molar-refractivity contribution is 5.89. The van der Waals surface area contributed by atoms with Crippen molar-refractivity contribution >= 4 is 16.7 Å². The molecule has 0 amide bonds. The maximum atomic E-state index is 6.05. The van der Waals surface area contributed by atoms with Crippen LogP contribution in [-0.4, -0.2) is 15.0 Å². The second kappa shape index (κ2) is 6.57. The monoisotopic (exact) mass is 328 g/mol. The van der Waals surface area contributed by atoms with Crippen molar-refractivity contribution in [2.45, 2.75) is 6.61 Å². The molecular formula is C20H16N4O. The second-order valence-electron chi connectivity index (χ2n) is 5.58. The van der Waals surface area contributed by atoms with Crippen molar-refractivity contribution in [2.75, 3.05) is 5.73 Å². The summed E-state index contributed by atoms with van der Waals surface area (Å²) in [5.74, 6) is 1.85. The Hall–Kier alpha value is -3.47. The molecular weight excluding hydrogens is 312 g/mol. The van der Waals surface area contributed by atoms with Gasteiger partial charge in [0, 0.05) is 17.1 Å². The number of fused-ring (bicyclic) bond motifs is 1. The number of ether oxygens (including phenoxy) is 1. The number of aromatic nitrogens is 3. The number of nitrogens with two attached hydrogens (primary N) is 1. The van der Waals surface area contributed by atoms with Gasteiger partial charge in [-0.05, 0) is 48.5 Å². The molecule has 0 spiro atoms. The number of nitrogen functional groups attached to an aromatic ring is 1. The minimum absolute atomic E-state index is 0.430. The largest absolute Gasteiger partial charge is 0.487 e. The van der Waals surface area contributed by atoms with Gasteiger partial charge in [-0.1, -0.05) is 18.2 Å². The number of benzene rings is 2. The maximum Gasteiger partial charge on any atom is 0.162 e. The van der Waals surface area contributed by atoms with Gasteiger partial charge in [0.2, 0.25) is 0 Å². The minimum atomic E-state index is 0.430. The summed E-state index contributed by atoms with van der Waals surface area (Å²) >= 11 is 0. The number of para-hydroxylation sites is 1. The fourth-order valence-corrected chi connectivity index (χ4v) is 2.57. The molecule has 5 heteroatoms. The Morgan fingerprint density at radius 2 is 1.64 bits per heavy atom. The van der Waals surface area contributed by atoms with Crippen molar-refractivity contribution in [3.63, 3.8) is 0 Å². The lowest BCUT2D eigenvalue weighted by molar-refractivity contribution is 0.301. The molecule has 0 aliphatic carbocycles. The summed E-state index contributed by atoms with van der Waals surface area (Å²) in [5, 5.41) is 0.863. The van der Waals surface area contributed by atoms with Gasteiger partial charge in [-0.2, -0.15) is 0 Å². The van der Waals surface area contributed by atoms with Crippen LogP contribution in [0.1, 0.15) is 5.69 Å². The molecule has 0 bridgehead atoms. The Labute approximate surface area is 145 Å². The second-order valence-corrected chi connectivity index (χ2v) is 5.58. The Bertz CT molecular complexity index is 1000. The van der Waals surface area contributed by atoms with Gasteiger partial charge < -0.3 is 10.5 Å². The first-order valence-corrected chi connectivity index (χ1v) is 7.95. The third kappa shape index (κ3) is 3.26. The fourth-order valence-electron chi connectivity index (χ4n) is 2.57. The molecule has 2 aromatic carbocycles. The zero-order chi connectivity index (χ0) is 17.1. The number of anilines is 1. The van der Waals surface area contributed by atoms with E-state index in [1.165, 1.54) is 0 Å². The summed E-state index contributed by atoms with van der Waals surface area (Å²) in [4.78, 5) is 13.2. The summed E-state index contributed by atoms with van der Waals surface area (Å²) in [7, 11) is 0. The molecule has 0 atom stereocenters. The number of hydrogen-bond donors (Lipinski definition) is 1. The van der Waals surface area contributed by atoms with Crippen molar-refractivity contribution in [1.82, 2.24) is 15.0 Å². The van der Waals surface area contributed by atoms with Crippen LogP contribution < -0.4 is 10.5 Å². The van der Waals surface area contributed by atoms with Crippen LogP contribution in [0.25, 0.3) is 22.3 Å². The van der Waals surface area contributed by atoms with E-state index in [0.29, 0.717) is 18.2 Å². The third-order valence-electron chi connectivity index (χ3n) is 3.86. The summed E-state index contributed by atoms with van der Waals surface area (Å²) in [6.07, 6.45) is 1.75. The van der Waals surface area contributed by atoms with Gasteiger partial charge in [-0.25, -0.2) is 9.97 Å². The van der Waals surface area contributed by atoms with E-state index in [1.54, 1.807) is 6.20 Å². The fraction of sp³-hybridized carbons (Fsp3) is 0.0500. The maximum absolute atomic E-state index is 6.05. The highest BCUT2D eigenvalue weighted by Crippen LogP contribution is 2.24. The Morgan fingerprint density at radius 3 is 2.44 bits per heavy atom.